The molecule has 2 rings (SSSR count). The van der Waals surface area contributed by atoms with Crippen LogP contribution < -0.4 is 4.90 Å². The lowest BCUT2D eigenvalue weighted by Gasteiger charge is -2.22. The Bertz CT molecular complexity index is 449. The highest BCUT2D eigenvalue weighted by Gasteiger charge is 2.20. The highest BCUT2D eigenvalue weighted by molar-refractivity contribution is 9.10. The van der Waals surface area contributed by atoms with E-state index in [9.17, 15) is 4.79 Å². The molecule has 18 heavy (non-hydrogen) atoms. The SMILES string of the molecule is CN(CC(=O)N1CCCC1)c1ncc(Br)cc1Cl. The van der Waals surface area contributed by atoms with Crippen LogP contribution in [-0.2, 0) is 4.79 Å². The summed E-state index contributed by atoms with van der Waals surface area (Å²) in [4.78, 5) is 19.9. The van der Waals surface area contributed by atoms with Crippen LogP contribution in [0.4, 0.5) is 5.82 Å². The number of amides is 1. The second-order valence-electron chi connectivity index (χ2n) is 4.40. The summed E-state index contributed by atoms with van der Waals surface area (Å²) < 4.78 is 0.829. The molecule has 6 heteroatoms. The molecule has 0 aromatic carbocycles. The zero-order valence-corrected chi connectivity index (χ0v) is 12.5. The lowest BCUT2D eigenvalue weighted by atomic mass is 10.4. The number of halogens is 2. The normalized spacial score (nSPS) is 14.9. The van der Waals surface area contributed by atoms with Gasteiger partial charge in [-0.1, -0.05) is 11.6 Å². The number of hydrogen-bond donors (Lipinski definition) is 0. The van der Waals surface area contributed by atoms with Gasteiger partial charge in [0, 0.05) is 30.8 Å². The number of likely N-dealkylation sites (tertiary alicyclic amines) is 1. The number of likely N-dealkylation sites (N-methyl/N-ethyl adjacent to an activating group) is 1. The van der Waals surface area contributed by atoms with Crippen molar-refractivity contribution in [1.82, 2.24) is 9.88 Å². The Balaban J connectivity index is 2.02. The van der Waals surface area contributed by atoms with E-state index in [2.05, 4.69) is 20.9 Å². The maximum atomic E-state index is 12.0. The Hall–Kier alpha value is -0.810. The summed E-state index contributed by atoms with van der Waals surface area (Å²) >= 11 is 9.42. The first-order chi connectivity index (χ1) is 8.58. The highest BCUT2D eigenvalue weighted by Crippen LogP contribution is 2.25. The van der Waals surface area contributed by atoms with E-state index in [4.69, 9.17) is 11.6 Å². The quantitative estimate of drug-likeness (QED) is 0.853. The van der Waals surface area contributed by atoms with Gasteiger partial charge in [-0.3, -0.25) is 4.79 Å². The van der Waals surface area contributed by atoms with Crippen molar-refractivity contribution in [1.29, 1.82) is 0 Å². The fourth-order valence-corrected chi connectivity index (χ4v) is 2.81. The molecule has 0 N–H and O–H groups in total. The van der Waals surface area contributed by atoms with Gasteiger partial charge in [-0.05, 0) is 34.8 Å². The molecule has 1 aromatic heterocycles. The molecule has 1 aromatic rings. The Kier molecular flexibility index (Phi) is 4.45. The van der Waals surface area contributed by atoms with E-state index in [0.29, 0.717) is 17.4 Å². The maximum absolute atomic E-state index is 12.0. The summed E-state index contributed by atoms with van der Waals surface area (Å²) in [7, 11) is 1.83. The van der Waals surface area contributed by atoms with Crippen LogP contribution in [0.25, 0.3) is 0 Å². The number of rotatable bonds is 3. The molecule has 0 unspecified atom stereocenters. The van der Waals surface area contributed by atoms with Crippen LogP contribution in [0.2, 0.25) is 5.02 Å². The predicted molar refractivity (Wildman–Crippen MR) is 76.0 cm³/mol. The molecule has 0 atom stereocenters. The van der Waals surface area contributed by atoms with Crippen molar-refractivity contribution in [3.8, 4) is 0 Å². The van der Waals surface area contributed by atoms with Crippen molar-refractivity contribution in [2.75, 3.05) is 31.6 Å². The van der Waals surface area contributed by atoms with Gasteiger partial charge in [0.2, 0.25) is 5.91 Å². The van der Waals surface area contributed by atoms with Crippen molar-refractivity contribution >= 4 is 39.3 Å². The molecule has 1 aliphatic rings. The Morgan fingerprint density at radius 3 is 2.83 bits per heavy atom. The summed E-state index contributed by atoms with van der Waals surface area (Å²) in [6.07, 6.45) is 3.89. The van der Waals surface area contributed by atoms with Gasteiger partial charge in [0.15, 0.2) is 0 Å². The van der Waals surface area contributed by atoms with Crippen molar-refractivity contribution in [3.63, 3.8) is 0 Å². The molecule has 0 aliphatic carbocycles. The van der Waals surface area contributed by atoms with E-state index < -0.39 is 0 Å². The Morgan fingerprint density at radius 2 is 2.22 bits per heavy atom. The molecule has 1 amide bonds. The van der Waals surface area contributed by atoms with Crippen LogP contribution in [-0.4, -0.2) is 42.5 Å². The van der Waals surface area contributed by atoms with Crippen LogP contribution in [0.3, 0.4) is 0 Å². The molecule has 1 aliphatic heterocycles. The molecule has 1 saturated heterocycles. The summed E-state index contributed by atoms with van der Waals surface area (Å²) in [5, 5.41) is 0.543. The van der Waals surface area contributed by atoms with Crippen molar-refractivity contribution < 1.29 is 4.79 Å². The van der Waals surface area contributed by atoms with Gasteiger partial charge in [0.25, 0.3) is 0 Å². The molecule has 2 heterocycles. The topological polar surface area (TPSA) is 36.4 Å². The summed E-state index contributed by atoms with van der Waals surface area (Å²) in [6.45, 7) is 2.05. The second-order valence-corrected chi connectivity index (χ2v) is 5.73. The van der Waals surface area contributed by atoms with Crippen molar-refractivity contribution in [2.24, 2.45) is 0 Å². The van der Waals surface area contributed by atoms with Crippen molar-refractivity contribution in [3.05, 3.63) is 21.8 Å². The van der Waals surface area contributed by atoms with Gasteiger partial charge in [0.1, 0.15) is 5.82 Å². The van der Waals surface area contributed by atoms with Gasteiger partial charge in [-0.2, -0.15) is 0 Å². The average Bonchev–Trinajstić information content (AvgIpc) is 2.81. The number of hydrogen-bond acceptors (Lipinski definition) is 3. The third-order valence-electron chi connectivity index (χ3n) is 2.98. The zero-order chi connectivity index (χ0) is 13.1. The van der Waals surface area contributed by atoms with Crippen LogP contribution in [0.15, 0.2) is 16.7 Å². The number of pyridine rings is 1. The van der Waals surface area contributed by atoms with E-state index in [1.54, 1.807) is 17.2 Å². The van der Waals surface area contributed by atoms with E-state index in [0.717, 1.165) is 30.4 Å². The van der Waals surface area contributed by atoms with Gasteiger partial charge < -0.3 is 9.80 Å². The lowest BCUT2D eigenvalue weighted by molar-refractivity contribution is -0.128. The number of carbonyl (C=O) groups excluding carboxylic acids is 1. The van der Waals surface area contributed by atoms with Crippen LogP contribution >= 0.6 is 27.5 Å². The largest absolute Gasteiger partial charge is 0.349 e. The minimum atomic E-state index is 0.135. The molecule has 0 saturated carbocycles. The second kappa shape index (κ2) is 5.89. The Labute approximate surface area is 120 Å². The monoisotopic (exact) mass is 331 g/mol. The highest BCUT2D eigenvalue weighted by atomic mass is 79.9. The molecular formula is C12H15BrClN3O. The number of carbonyl (C=O) groups is 1. The minimum Gasteiger partial charge on any atom is -0.349 e. The van der Waals surface area contributed by atoms with E-state index >= 15 is 0 Å². The smallest absolute Gasteiger partial charge is 0.242 e. The minimum absolute atomic E-state index is 0.135. The number of nitrogens with zero attached hydrogens (tertiary/aromatic N) is 3. The standard InChI is InChI=1S/C12H15BrClN3O/c1-16(8-11(18)17-4-2-3-5-17)12-10(14)6-9(13)7-15-12/h6-7H,2-5,8H2,1H3. The van der Waals surface area contributed by atoms with Gasteiger partial charge in [-0.15, -0.1) is 0 Å². The first kappa shape index (κ1) is 13.6. The van der Waals surface area contributed by atoms with Gasteiger partial charge in [0.05, 0.1) is 11.6 Å². The third kappa shape index (κ3) is 3.14. The molecule has 0 bridgehead atoms. The fraction of sp³-hybridized carbons (Fsp3) is 0.500. The molecule has 98 valence electrons. The van der Waals surface area contributed by atoms with Crippen LogP contribution in [0, 0.1) is 0 Å². The fourth-order valence-electron chi connectivity index (χ4n) is 2.03. The first-order valence-electron chi connectivity index (χ1n) is 5.88. The van der Waals surface area contributed by atoms with Crippen LogP contribution in [0.5, 0.6) is 0 Å². The van der Waals surface area contributed by atoms with E-state index in [1.807, 2.05) is 11.9 Å². The average molecular weight is 333 g/mol. The summed E-state index contributed by atoms with van der Waals surface area (Å²) in [5.74, 6) is 0.767. The van der Waals surface area contributed by atoms with Gasteiger partial charge >= 0.3 is 0 Å². The molecular weight excluding hydrogens is 318 g/mol. The van der Waals surface area contributed by atoms with Gasteiger partial charge in [-0.25, -0.2) is 4.98 Å². The number of anilines is 1. The zero-order valence-electron chi connectivity index (χ0n) is 10.2. The van der Waals surface area contributed by atoms with Crippen molar-refractivity contribution in [2.45, 2.75) is 12.8 Å². The molecule has 0 spiro atoms. The molecule has 0 radical (unpaired) electrons. The predicted octanol–water partition coefficient (Wildman–Crippen LogP) is 2.56. The maximum Gasteiger partial charge on any atom is 0.242 e. The first-order valence-corrected chi connectivity index (χ1v) is 7.05. The third-order valence-corrected chi connectivity index (χ3v) is 3.69. The molecule has 1 fully saturated rings. The number of aromatic nitrogens is 1. The molecule has 4 nitrogen and oxygen atoms in total. The van der Waals surface area contributed by atoms with E-state index in [1.165, 1.54) is 0 Å². The summed E-state index contributed by atoms with van der Waals surface area (Å²) in [6, 6.07) is 1.78. The van der Waals surface area contributed by atoms with E-state index in [-0.39, 0.29) is 5.91 Å². The lowest BCUT2D eigenvalue weighted by Crippen LogP contribution is -2.37. The van der Waals surface area contributed by atoms with Crippen LogP contribution in [0.1, 0.15) is 12.8 Å². The Morgan fingerprint density at radius 1 is 1.56 bits per heavy atom. The summed E-state index contributed by atoms with van der Waals surface area (Å²) in [5.41, 5.74) is 0.